The first-order chi connectivity index (χ1) is 39.6. The van der Waals surface area contributed by atoms with Gasteiger partial charge in [0.15, 0.2) is 36.3 Å². The van der Waals surface area contributed by atoms with Gasteiger partial charge in [-0.2, -0.15) is 0 Å². The Morgan fingerprint density at radius 1 is 0.762 bits per heavy atom. The molecule has 1 spiro atoms. The summed E-state index contributed by atoms with van der Waals surface area (Å²) in [5.74, 6) is -5.01. The number of hydrogen-bond donors (Lipinski definition) is 8. The molecule has 0 aromatic rings. The van der Waals surface area contributed by atoms with Crippen molar-refractivity contribution in [2.45, 2.75) is 237 Å². The van der Waals surface area contributed by atoms with Crippen molar-refractivity contribution >= 4 is 17.8 Å². The van der Waals surface area contributed by atoms with Gasteiger partial charge in [0.1, 0.15) is 35.7 Å². The summed E-state index contributed by atoms with van der Waals surface area (Å²) < 4.78 is 68.1. The Bertz CT molecular complexity index is 2550. The first kappa shape index (κ1) is 64.7. The molecule has 2 bridgehead atoms. The standard InChI is InChI=1S/C61H92N2O21/c1-27-14-17-42(80-47-25-59(10,63(72)73)54(35(9)79-47)62-58(71)75-13)28(2)19-37-20-36(26-64)31(5)24-61(37)56(69)48(57(70)84-61)55(68)60(11)39(27)16-15-38-49(60)29(3)18-30(4)51(38)82-46-23-43(50(67)32(6)76-46)81-44-22-41(66)53(34(8)78-44)83-45-21-40(65)52(74-12)33(7)77-45/h14-16,19-20,29-35,37-47,49-54,63-68,72H,17-18,21-26H2,1-13H3,(H,62,71)/b27-14-,28-19-,55-48-/t29-,30-,31+,32+,33+,34+,35+,37-,38-,39-,40-,41-,42-,43-,44-,45-,46-,47+,49+,50+,51-,52+,53+,54-,59-,60+,61-/m1/s1. The van der Waals surface area contributed by atoms with Crippen LogP contribution in [0.5, 0.6) is 0 Å². The predicted octanol–water partition coefficient (Wildman–Crippen LogP) is 4.07. The Labute approximate surface area is 492 Å². The molecule has 6 fully saturated rings. The third kappa shape index (κ3) is 12.0. The number of esters is 1. The first-order valence-electron chi connectivity index (χ1n) is 30.1. The predicted molar refractivity (Wildman–Crippen MR) is 297 cm³/mol. The van der Waals surface area contributed by atoms with E-state index in [0.29, 0.717) is 17.6 Å². The van der Waals surface area contributed by atoms with Gasteiger partial charge in [0.2, 0.25) is 5.78 Å². The summed E-state index contributed by atoms with van der Waals surface area (Å²) in [6, 6.07) is -0.982. The largest absolute Gasteiger partial charge is 0.600 e. The number of Topliss-reactive ketones (excluding diaryl/α,β-unsaturated/α-hetero) is 1. The topological polar surface area (TPSA) is 314 Å². The molecule has 4 aliphatic carbocycles. The summed E-state index contributed by atoms with van der Waals surface area (Å²) in [5, 5.41) is 82.6. The lowest BCUT2D eigenvalue weighted by molar-refractivity contribution is -1.09. The Balaban J connectivity index is 1.01. The fraction of sp³-hybridized carbons (Fsp3) is 0.787. The minimum atomic E-state index is -1.81. The number of allylic oxidation sites excluding steroid dienone is 3. The molecule has 0 aromatic carbocycles. The zero-order valence-corrected chi connectivity index (χ0v) is 50.7. The van der Waals surface area contributed by atoms with Gasteiger partial charge in [0, 0.05) is 56.0 Å². The maximum Gasteiger partial charge on any atom is 0.407 e. The summed E-state index contributed by atoms with van der Waals surface area (Å²) in [7, 11) is 2.69. The van der Waals surface area contributed by atoms with Gasteiger partial charge in [-0.05, 0) is 96.1 Å². The van der Waals surface area contributed by atoms with Crippen LogP contribution >= 0.6 is 0 Å². The van der Waals surface area contributed by atoms with Crippen molar-refractivity contribution in [3.8, 4) is 0 Å². The van der Waals surface area contributed by atoms with Gasteiger partial charge < -0.3 is 88.2 Å². The van der Waals surface area contributed by atoms with Gasteiger partial charge in [-0.1, -0.05) is 63.6 Å². The van der Waals surface area contributed by atoms with Crippen LogP contribution in [0.3, 0.4) is 0 Å². The number of rotatable bonds is 12. The first-order valence-corrected chi connectivity index (χ1v) is 30.1. The van der Waals surface area contributed by atoms with E-state index < -0.39 is 179 Å². The van der Waals surface area contributed by atoms with Crippen molar-refractivity contribution in [1.29, 1.82) is 0 Å². The normalized spacial score (nSPS) is 49.8. The average Bonchev–Trinajstić information content (AvgIpc) is 2.80. The molecular weight excluding hydrogens is 1100 g/mol. The van der Waals surface area contributed by atoms with Crippen molar-refractivity contribution < 1.29 is 102 Å². The molecule has 9 aliphatic rings. The minimum absolute atomic E-state index is 0.0143. The van der Waals surface area contributed by atoms with Gasteiger partial charge in [-0.15, -0.1) is 0 Å². The third-order valence-corrected chi connectivity index (χ3v) is 20.4. The Hall–Kier alpha value is -3.73. The van der Waals surface area contributed by atoms with Crippen LogP contribution in [0.25, 0.3) is 0 Å². The van der Waals surface area contributed by atoms with Crippen LogP contribution in [-0.2, 0) is 61.7 Å². The Morgan fingerprint density at radius 3 is 2.01 bits per heavy atom. The molecule has 1 unspecified atom stereocenters. The molecule has 23 heteroatoms. The summed E-state index contributed by atoms with van der Waals surface area (Å²) in [4.78, 5) is 42.7. The number of carbonyl (C=O) groups excluding carboxylic acids is 3. The fourth-order valence-corrected chi connectivity index (χ4v) is 15.9. The quantitative estimate of drug-likeness (QED) is 0.0591. The van der Waals surface area contributed by atoms with Crippen LogP contribution in [0, 0.1) is 52.0 Å². The molecule has 1 amide bonds. The molecule has 5 saturated heterocycles. The van der Waals surface area contributed by atoms with Crippen molar-refractivity contribution in [3.63, 3.8) is 0 Å². The van der Waals surface area contributed by atoms with E-state index in [2.05, 4.69) is 25.2 Å². The van der Waals surface area contributed by atoms with Crippen LogP contribution in [0.15, 0.2) is 58.4 Å². The number of ketones is 1. The molecule has 472 valence electrons. The second-order valence-electron chi connectivity index (χ2n) is 26.1. The van der Waals surface area contributed by atoms with E-state index in [-0.39, 0.29) is 62.7 Å². The third-order valence-electron chi connectivity index (χ3n) is 20.4. The van der Waals surface area contributed by atoms with Crippen LogP contribution < -0.4 is 10.5 Å². The lowest BCUT2D eigenvalue weighted by atomic mass is 9.49. The number of ether oxygens (including phenoxy) is 11. The van der Waals surface area contributed by atoms with Crippen molar-refractivity contribution in [2.24, 2.45) is 46.8 Å². The van der Waals surface area contributed by atoms with E-state index in [4.69, 9.17) is 52.1 Å². The number of aliphatic hydroxyl groups excluding tert-OH is 5. The Morgan fingerprint density at radius 2 is 1.38 bits per heavy atom. The molecule has 9 rings (SSSR count). The second kappa shape index (κ2) is 25.4. The summed E-state index contributed by atoms with van der Waals surface area (Å²) in [6.07, 6.45) is -3.13. The maximum atomic E-state index is 15.6. The second-order valence-corrected chi connectivity index (χ2v) is 26.1. The van der Waals surface area contributed by atoms with E-state index in [9.17, 15) is 45.5 Å². The number of carbonyl (C=O) groups is 3. The minimum Gasteiger partial charge on any atom is -0.600 e. The number of quaternary nitrogens is 1. The van der Waals surface area contributed by atoms with Gasteiger partial charge in [0.25, 0.3) is 0 Å². The number of hydrogen-bond acceptors (Lipinski definition) is 21. The maximum absolute atomic E-state index is 15.6. The number of fused-ring (bicyclic) bond motifs is 4. The van der Waals surface area contributed by atoms with Gasteiger partial charge in [0.05, 0.1) is 75.1 Å². The molecular formula is C61H92N2O21. The summed E-state index contributed by atoms with van der Waals surface area (Å²) >= 11 is 0. The lowest BCUT2D eigenvalue weighted by Crippen LogP contribution is -3.17. The van der Waals surface area contributed by atoms with Crippen LogP contribution in [0.2, 0.25) is 0 Å². The molecule has 0 radical (unpaired) electrons. The fourth-order valence-electron chi connectivity index (χ4n) is 15.9. The van der Waals surface area contributed by atoms with Gasteiger partial charge >= 0.3 is 12.1 Å². The number of nitrogens with one attached hydrogen (secondary N) is 2. The van der Waals surface area contributed by atoms with E-state index in [1.807, 2.05) is 39.8 Å². The molecule has 8 N–H and O–H groups in total. The van der Waals surface area contributed by atoms with Crippen molar-refractivity contribution in [1.82, 2.24) is 5.32 Å². The number of aliphatic hydroxyl groups is 5. The van der Waals surface area contributed by atoms with Crippen LogP contribution in [-0.4, -0.2) is 185 Å². The van der Waals surface area contributed by atoms with E-state index >= 15 is 4.79 Å². The Kier molecular flexibility index (Phi) is 19.6. The highest BCUT2D eigenvalue weighted by atomic mass is 16.8. The number of alkyl carbamates (subject to hydrolysis) is 1. The van der Waals surface area contributed by atoms with E-state index in [0.717, 1.165) is 5.57 Å². The molecule has 5 heterocycles. The zero-order valence-electron chi connectivity index (χ0n) is 50.7. The highest BCUT2D eigenvalue weighted by Gasteiger charge is 2.64. The van der Waals surface area contributed by atoms with Crippen LogP contribution in [0.4, 0.5) is 4.79 Å². The van der Waals surface area contributed by atoms with Crippen molar-refractivity contribution in [2.75, 3.05) is 20.8 Å². The number of hydroxylamine groups is 2. The molecule has 28 atom stereocenters. The summed E-state index contributed by atoms with van der Waals surface area (Å²) in [6.45, 7) is 19.8. The highest BCUT2D eigenvalue weighted by Crippen LogP contribution is 2.61. The summed E-state index contributed by atoms with van der Waals surface area (Å²) in [5.41, 5.74) is -3.10. The van der Waals surface area contributed by atoms with E-state index in [1.54, 1.807) is 39.8 Å². The molecule has 1 saturated carbocycles. The molecule has 84 heavy (non-hydrogen) atoms. The highest BCUT2D eigenvalue weighted by molar-refractivity contribution is 6.26. The van der Waals surface area contributed by atoms with Gasteiger partial charge in [-0.3, -0.25) is 4.79 Å². The number of amides is 1. The molecule has 5 aliphatic heterocycles. The van der Waals surface area contributed by atoms with E-state index in [1.165, 1.54) is 21.1 Å². The van der Waals surface area contributed by atoms with Gasteiger partial charge in [-0.25, -0.2) is 20.0 Å². The average molecular weight is 1190 g/mol. The van der Waals surface area contributed by atoms with Crippen LogP contribution in [0.1, 0.15) is 121 Å². The SMILES string of the molecule is COC(=O)N[C@@H]1[C@H](C)O[C@@H](O[C@@H]2C/C=C(/C)[C@H]3C=C[C@H]4[C@H](O[C@@H]5C[C@@H](O[C@@H]6C[C@@H](O)[C@@H](O[C@@H]7C[C@@H](O)[C@@H](OC)[C@H](C)O7)[C@H](C)O6)[C@@H](O)[C@H](C)O5)[C@H](C)C[C@@H](C)[C@@H]4[C@@]3(C)/C(O)=C3/C(=O)O[C@@]4(C[C@H](C)C(CO)=C[C@H]4/C=C\2C)C3=O)C[C@@]1(C)[NH+]([O-])O. The number of methoxy groups -OCH3 is 2. The molecule has 0 aromatic heterocycles. The monoisotopic (exact) mass is 1190 g/mol. The molecule has 23 nitrogen and oxygen atoms in total. The lowest BCUT2D eigenvalue weighted by Gasteiger charge is -2.56. The smallest absolute Gasteiger partial charge is 0.407 e. The zero-order chi connectivity index (χ0) is 61.2. The van der Waals surface area contributed by atoms with Crippen molar-refractivity contribution in [3.05, 3.63) is 63.6 Å².